The number of rotatable bonds is 3. The second-order valence-corrected chi connectivity index (χ2v) is 3.93. The summed E-state index contributed by atoms with van der Waals surface area (Å²) in [7, 11) is 1.55. The lowest BCUT2D eigenvalue weighted by atomic mass is 10.2. The van der Waals surface area contributed by atoms with E-state index < -0.39 is 11.7 Å². The molecule has 0 bridgehead atoms. The molecule has 0 saturated carbocycles. The van der Waals surface area contributed by atoms with Gasteiger partial charge in [0.2, 0.25) is 0 Å². The van der Waals surface area contributed by atoms with Crippen molar-refractivity contribution in [2.24, 2.45) is 0 Å². The largest absolute Gasteiger partial charge is 0.497 e. The average molecular weight is 267 g/mol. The van der Waals surface area contributed by atoms with Crippen LogP contribution in [0.1, 0.15) is 5.56 Å². The smallest absolute Gasteiger partial charge is 0.416 e. The molecule has 0 radical (unpaired) electrons. The lowest BCUT2D eigenvalue weighted by molar-refractivity contribution is -0.137. The molecule has 0 atom stereocenters. The molecular weight excluding hydrogens is 255 g/mol. The number of hydrogen-bond acceptors (Lipinski definition) is 2. The van der Waals surface area contributed by atoms with Crippen molar-refractivity contribution in [2.75, 3.05) is 12.4 Å². The van der Waals surface area contributed by atoms with Crippen molar-refractivity contribution in [1.29, 1.82) is 0 Å². The average Bonchev–Trinajstić information content (AvgIpc) is 2.39. The van der Waals surface area contributed by atoms with Crippen molar-refractivity contribution < 1.29 is 17.9 Å². The molecule has 0 spiro atoms. The fourth-order valence-corrected chi connectivity index (χ4v) is 1.61. The predicted octanol–water partition coefficient (Wildman–Crippen LogP) is 4.46. The summed E-state index contributed by atoms with van der Waals surface area (Å²) < 4.78 is 42.7. The lowest BCUT2D eigenvalue weighted by Crippen LogP contribution is -2.05. The molecule has 2 rings (SSSR count). The third-order valence-corrected chi connectivity index (χ3v) is 2.57. The number of anilines is 2. The van der Waals surface area contributed by atoms with E-state index in [-0.39, 0.29) is 0 Å². The van der Waals surface area contributed by atoms with Gasteiger partial charge in [0, 0.05) is 11.4 Å². The topological polar surface area (TPSA) is 21.3 Å². The van der Waals surface area contributed by atoms with Gasteiger partial charge in [-0.05, 0) is 42.5 Å². The molecule has 19 heavy (non-hydrogen) atoms. The van der Waals surface area contributed by atoms with Crippen molar-refractivity contribution in [1.82, 2.24) is 0 Å². The Bertz CT molecular complexity index is 549. The van der Waals surface area contributed by atoms with Crippen LogP contribution in [0.2, 0.25) is 0 Å². The molecule has 0 amide bonds. The van der Waals surface area contributed by atoms with Crippen molar-refractivity contribution in [3.05, 3.63) is 54.1 Å². The highest BCUT2D eigenvalue weighted by atomic mass is 19.4. The van der Waals surface area contributed by atoms with Crippen LogP contribution in [0.5, 0.6) is 5.75 Å². The van der Waals surface area contributed by atoms with Crippen molar-refractivity contribution >= 4 is 11.4 Å². The van der Waals surface area contributed by atoms with Gasteiger partial charge in [0.05, 0.1) is 12.7 Å². The zero-order valence-electron chi connectivity index (χ0n) is 10.2. The number of nitrogens with one attached hydrogen (secondary N) is 1. The summed E-state index contributed by atoms with van der Waals surface area (Å²) in [5.74, 6) is 0.689. The van der Waals surface area contributed by atoms with Crippen LogP contribution in [0.15, 0.2) is 48.5 Å². The standard InChI is InChI=1S/C14H12F3NO/c1-19-13-7-5-11(6-8-13)18-12-4-2-3-10(9-12)14(15,16)17/h2-9,18H,1H3. The SMILES string of the molecule is COc1ccc(Nc2cccc(C(F)(F)F)c2)cc1. The Kier molecular flexibility index (Phi) is 3.64. The van der Waals surface area contributed by atoms with E-state index in [0.29, 0.717) is 17.1 Å². The predicted molar refractivity (Wildman–Crippen MR) is 67.7 cm³/mol. The van der Waals surface area contributed by atoms with Gasteiger partial charge < -0.3 is 10.1 Å². The van der Waals surface area contributed by atoms with E-state index in [0.717, 1.165) is 12.1 Å². The van der Waals surface area contributed by atoms with Crippen molar-refractivity contribution in [3.63, 3.8) is 0 Å². The molecule has 0 unspecified atom stereocenters. The summed E-state index contributed by atoms with van der Waals surface area (Å²) in [6.45, 7) is 0. The molecule has 1 N–H and O–H groups in total. The Morgan fingerprint density at radius 3 is 2.21 bits per heavy atom. The van der Waals surface area contributed by atoms with Gasteiger partial charge in [-0.1, -0.05) is 6.07 Å². The second-order valence-electron chi connectivity index (χ2n) is 3.93. The highest BCUT2D eigenvalue weighted by Crippen LogP contribution is 2.31. The molecule has 2 aromatic carbocycles. The molecule has 0 aromatic heterocycles. The molecular formula is C14H12F3NO. The van der Waals surface area contributed by atoms with Crippen LogP contribution < -0.4 is 10.1 Å². The Balaban J connectivity index is 2.18. The van der Waals surface area contributed by atoms with E-state index in [9.17, 15) is 13.2 Å². The maximum absolute atomic E-state index is 12.6. The van der Waals surface area contributed by atoms with Crippen LogP contribution in [-0.2, 0) is 6.18 Å². The normalized spacial score (nSPS) is 11.2. The van der Waals surface area contributed by atoms with E-state index in [4.69, 9.17) is 4.74 Å². The summed E-state index contributed by atoms with van der Waals surface area (Å²) in [6.07, 6.45) is -4.34. The van der Waals surface area contributed by atoms with E-state index >= 15 is 0 Å². The summed E-state index contributed by atoms with van der Waals surface area (Å²) >= 11 is 0. The maximum atomic E-state index is 12.6. The number of methoxy groups -OCH3 is 1. The molecule has 0 aliphatic carbocycles. The molecule has 0 aliphatic rings. The van der Waals surface area contributed by atoms with Crippen LogP contribution >= 0.6 is 0 Å². The molecule has 2 nitrogen and oxygen atoms in total. The summed E-state index contributed by atoms with van der Waals surface area (Å²) in [4.78, 5) is 0. The number of halogens is 3. The Labute approximate surface area is 108 Å². The molecule has 0 saturated heterocycles. The summed E-state index contributed by atoms with van der Waals surface area (Å²) in [5.41, 5.74) is 0.408. The van der Waals surface area contributed by atoms with E-state index in [1.165, 1.54) is 6.07 Å². The highest BCUT2D eigenvalue weighted by Gasteiger charge is 2.30. The monoisotopic (exact) mass is 267 g/mol. The fraction of sp³-hybridized carbons (Fsp3) is 0.143. The maximum Gasteiger partial charge on any atom is 0.416 e. The van der Waals surface area contributed by atoms with Crippen LogP contribution in [-0.4, -0.2) is 7.11 Å². The second kappa shape index (κ2) is 5.22. The molecule has 2 aromatic rings. The first-order valence-corrected chi connectivity index (χ1v) is 5.57. The van der Waals surface area contributed by atoms with E-state index in [2.05, 4.69) is 5.32 Å². The van der Waals surface area contributed by atoms with Crippen molar-refractivity contribution in [3.8, 4) is 5.75 Å². The Morgan fingerprint density at radius 2 is 1.63 bits per heavy atom. The Hall–Kier alpha value is -2.17. The molecule has 0 aliphatic heterocycles. The van der Waals surface area contributed by atoms with Gasteiger partial charge >= 0.3 is 6.18 Å². The minimum atomic E-state index is -4.34. The van der Waals surface area contributed by atoms with Gasteiger partial charge in [-0.15, -0.1) is 0 Å². The highest BCUT2D eigenvalue weighted by molar-refractivity contribution is 5.61. The van der Waals surface area contributed by atoms with Gasteiger partial charge in [-0.25, -0.2) is 0 Å². The van der Waals surface area contributed by atoms with Gasteiger partial charge in [0.15, 0.2) is 0 Å². The minimum absolute atomic E-state index is 0.389. The summed E-state index contributed by atoms with van der Waals surface area (Å²) in [5, 5.41) is 2.91. The zero-order valence-corrected chi connectivity index (χ0v) is 10.2. The van der Waals surface area contributed by atoms with Crippen LogP contribution in [0, 0.1) is 0 Å². The van der Waals surface area contributed by atoms with E-state index in [1.807, 2.05) is 0 Å². The van der Waals surface area contributed by atoms with Crippen LogP contribution in [0.25, 0.3) is 0 Å². The number of benzene rings is 2. The van der Waals surface area contributed by atoms with E-state index in [1.54, 1.807) is 37.4 Å². The molecule has 0 fully saturated rings. The number of hydrogen-bond donors (Lipinski definition) is 1. The molecule has 100 valence electrons. The quantitative estimate of drug-likeness (QED) is 0.886. The minimum Gasteiger partial charge on any atom is -0.497 e. The van der Waals surface area contributed by atoms with Gasteiger partial charge in [0.25, 0.3) is 0 Å². The lowest BCUT2D eigenvalue weighted by Gasteiger charge is -2.11. The third-order valence-electron chi connectivity index (χ3n) is 2.57. The first kappa shape index (κ1) is 13.3. The van der Waals surface area contributed by atoms with Crippen molar-refractivity contribution in [2.45, 2.75) is 6.18 Å². The zero-order chi connectivity index (χ0) is 13.9. The van der Waals surface area contributed by atoms with Gasteiger partial charge in [-0.3, -0.25) is 0 Å². The summed E-state index contributed by atoms with van der Waals surface area (Å²) in [6, 6.07) is 12.0. The molecule has 0 heterocycles. The van der Waals surface area contributed by atoms with Crippen LogP contribution in [0.3, 0.4) is 0 Å². The Morgan fingerprint density at radius 1 is 0.947 bits per heavy atom. The van der Waals surface area contributed by atoms with Crippen LogP contribution in [0.4, 0.5) is 24.5 Å². The number of ether oxygens (including phenoxy) is 1. The fourth-order valence-electron chi connectivity index (χ4n) is 1.61. The van der Waals surface area contributed by atoms with Gasteiger partial charge in [0.1, 0.15) is 5.75 Å². The third kappa shape index (κ3) is 3.40. The molecule has 5 heteroatoms. The number of alkyl halides is 3. The first-order valence-electron chi connectivity index (χ1n) is 5.57. The first-order chi connectivity index (χ1) is 8.99. The van der Waals surface area contributed by atoms with Gasteiger partial charge in [-0.2, -0.15) is 13.2 Å².